The van der Waals surface area contributed by atoms with Crippen molar-refractivity contribution in [1.82, 2.24) is 0 Å². The molecule has 3 N–H and O–H groups in total. The van der Waals surface area contributed by atoms with E-state index in [0.29, 0.717) is 0 Å². The smallest absolute Gasteiger partial charge is 0.241 e. The van der Waals surface area contributed by atoms with Crippen LogP contribution in [0.4, 0.5) is 14.5 Å². The van der Waals surface area contributed by atoms with Crippen LogP contribution >= 0.6 is 0 Å². The van der Waals surface area contributed by atoms with E-state index in [9.17, 15) is 13.6 Å². The Morgan fingerprint density at radius 3 is 2.44 bits per heavy atom. The number of amides is 1. The Kier molecular flexibility index (Phi) is 3.95. The number of halogens is 2. The van der Waals surface area contributed by atoms with Crippen LogP contribution in [0, 0.1) is 17.6 Å². The molecule has 0 saturated carbocycles. The van der Waals surface area contributed by atoms with E-state index in [4.69, 9.17) is 5.73 Å². The molecule has 0 fully saturated rings. The molecular weight excluding hydrogens is 214 g/mol. The van der Waals surface area contributed by atoms with Gasteiger partial charge in [0.05, 0.1) is 6.04 Å². The Morgan fingerprint density at radius 2 is 1.94 bits per heavy atom. The largest absolute Gasteiger partial charge is 0.325 e. The van der Waals surface area contributed by atoms with Crippen molar-refractivity contribution in [2.45, 2.75) is 19.9 Å². The van der Waals surface area contributed by atoms with Gasteiger partial charge in [0.15, 0.2) is 11.6 Å². The van der Waals surface area contributed by atoms with E-state index in [2.05, 4.69) is 5.32 Å². The molecule has 0 bridgehead atoms. The highest BCUT2D eigenvalue weighted by atomic mass is 19.2. The average Bonchev–Trinajstić information content (AvgIpc) is 2.22. The van der Waals surface area contributed by atoms with Gasteiger partial charge in [0.2, 0.25) is 5.91 Å². The van der Waals surface area contributed by atoms with Crippen molar-refractivity contribution in [3.05, 3.63) is 29.8 Å². The van der Waals surface area contributed by atoms with Gasteiger partial charge in [-0.2, -0.15) is 0 Å². The number of carbonyl (C=O) groups excluding carboxylic acids is 1. The topological polar surface area (TPSA) is 55.1 Å². The quantitative estimate of drug-likeness (QED) is 0.830. The van der Waals surface area contributed by atoms with E-state index in [1.807, 2.05) is 0 Å². The highest BCUT2D eigenvalue weighted by Crippen LogP contribution is 2.13. The normalized spacial score (nSPS) is 12.6. The molecule has 0 aliphatic rings. The molecule has 0 aliphatic carbocycles. The van der Waals surface area contributed by atoms with Crippen LogP contribution in [-0.4, -0.2) is 11.9 Å². The maximum Gasteiger partial charge on any atom is 0.241 e. The first kappa shape index (κ1) is 12.6. The third-order valence-corrected chi connectivity index (χ3v) is 2.21. The molecular formula is C11H14F2N2O. The van der Waals surface area contributed by atoms with Gasteiger partial charge in [0.25, 0.3) is 0 Å². The molecule has 0 aliphatic heterocycles. The number of hydrogen-bond acceptors (Lipinski definition) is 2. The van der Waals surface area contributed by atoms with Crippen molar-refractivity contribution in [3.63, 3.8) is 0 Å². The van der Waals surface area contributed by atoms with Crippen molar-refractivity contribution in [3.8, 4) is 0 Å². The molecule has 3 nitrogen and oxygen atoms in total. The molecule has 1 aromatic rings. The fourth-order valence-electron chi connectivity index (χ4n) is 1.10. The Labute approximate surface area is 92.6 Å². The number of anilines is 1. The molecule has 0 radical (unpaired) electrons. The van der Waals surface area contributed by atoms with E-state index in [1.54, 1.807) is 13.8 Å². The summed E-state index contributed by atoms with van der Waals surface area (Å²) >= 11 is 0. The minimum absolute atomic E-state index is 0.0229. The number of carbonyl (C=O) groups is 1. The minimum Gasteiger partial charge on any atom is -0.325 e. The number of benzene rings is 1. The molecule has 1 aromatic carbocycles. The van der Waals surface area contributed by atoms with E-state index >= 15 is 0 Å². The van der Waals surface area contributed by atoms with Gasteiger partial charge in [-0.1, -0.05) is 13.8 Å². The summed E-state index contributed by atoms with van der Waals surface area (Å²) in [6.45, 7) is 3.60. The van der Waals surface area contributed by atoms with Gasteiger partial charge in [0.1, 0.15) is 0 Å². The molecule has 0 spiro atoms. The predicted octanol–water partition coefficient (Wildman–Crippen LogP) is 1.89. The number of nitrogens with two attached hydrogens (primary N) is 1. The van der Waals surface area contributed by atoms with Gasteiger partial charge in [-0.25, -0.2) is 8.78 Å². The first-order chi connectivity index (χ1) is 7.41. The van der Waals surface area contributed by atoms with Crippen molar-refractivity contribution in [2.24, 2.45) is 11.7 Å². The van der Waals surface area contributed by atoms with Crippen molar-refractivity contribution in [1.29, 1.82) is 0 Å². The first-order valence-corrected chi connectivity index (χ1v) is 4.93. The number of nitrogens with one attached hydrogen (secondary N) is 1. The van der Waals surface area contributed by atoms with Crippen LogP contribution in [0.2, 0.25) is 0 Å². The van der Waals surface area contributed by atoms with E-state index < -0.39 is 23.6 Å². The maximum atomic E-state index is 12.8. The third-order valence-electron chi connectivity index (χ3n) is 2.21. The van der Waals surface area contributed by atoms with Gasteiger partial charge in [-0.05, 0) is 18.1 Å². The molecule has 1 atom stereocenters. The van der Waals surface area contributed by atoms with Crippen LogP contribution in [0.5, 0.6) is 0 Å². The van der Waals surface area contributed by atoms with Crippen LogP contribution in [0.1, 0.15) is 13.8 Å². The van der Waals surface area contributed by atoms with E-state index in [0.717, 1.165) is 12.1 Å². The second-order valence-electron chi connectivity index (χ2n) is 3.89. The molecule has 0 saturated heterocycles. The summed E-state index contributed by atoms with van der Waals surface area (Å²) in [6, 6.07) is 2.48. The van der Waals surface area contributed by atoms with Gasteiger partial charge in [-0.3, -0.25) is 4.79 Å². The van der Waals surface area contributed by atoms with Gasteiger partial charge < -0.3 is 11.1 Å². The summed E-state index contributed by atoms with van der Waals surface area (Å²) in [5.74, 6) is -2.40. The Hall–Kier alpha value is -1.49. The third kappa shape index (κ3) is 3.00. The Balaban J connectivity index is 2.74. The fourth-order valence-corrected chi connectivity index (χ4v) is 1.10. The second-order valence-corrected chi connectivity index (χ2v) is 3.89. The van der Waals surface area contributed by atoms with Gasteiger partial charge in [0, 0.05) is 11.8 Å². The highest BCUT2D eigenvalue weighted by molar-refractivity contribution is 5.94. The van der Waals surface area contributed by atoms with Crippen LogP contribution < -0.4 is 11.1 Å². The number of hydrogen-bond donors (Lipinski definition) is 2. The SMILES string of the molecule is CC(C)[C@H](N)C(=O)Nc1ccc(F)c(F)c1. The lowest BCUT2D eigenvalue weighted by atomic mass is 10.0. The zero-order valence-electron chi connectivity index (χ0n) is 9.13. The fraction of sp³-hybridized carbons (Fsp3) is 0.364. The maximum absolute atomic E-state index is 12.8. The van der Waals surface area contributed by atoms with Crippen molar-refractivity contribution >= 4 is 11.6 Å². The van der Waals surface area contributed by atoms with Gasteiger partial charge in [-0.15, -0.1) is 0 Å². The van der Waals surface area contributed by atoms with Crippen LogP contribution in [0.3, 0.4) is 0 Å². The lowest BCUT2D eigenvalue weighted by Gasteiger charge is -2.15. The summed E-state index contributed by atoms with van der Waals surface area (Å²) in [5, 5.41) is 2.42. The predicted molar refractivity (Wildman–Crippen MR) is 57.8 cm³/mol. The lowest BCUT2D eigenvalue weighted by Crippen LogP contribution is -2.39. The van der Waals surface area contributed by atoms with Crippen molar-refractivity contribution < 1.29 is 13.6 Å². The average molecular weight is 228 g/mol. The lowest BCUT2D eigenvalue weighted by molar-refractivity contribution is -0.118. The summed E-state index contributed by atoms with van der Waals surface area (Å²) in [6.07, 6.45) is 0. The van der Waals surface area contributed by atoms with Crippen LogP contribution in [0.25, 0.3) is 0 Å². The summed E-state index contributed by atoms with van der Waals surface area (Å²) in [7, 11) is 0. The molecule has 0 heterocycles. The van der Waals surface area contributed by atoms with Crippen LogP contribution in [-0.2, 0) is 4.79 Å². The Morgan fingerprint density at radius 1 is 1.31 bits per heavy atom. The van der Waals surface area contributed by atoms with Gasteiger partial charge >= 0.3 is 0 Å². The Bertz CT molecular complexity index is 394. The van der Waals surface area contributed by atoms with Crippen LogP contribution in [0.15, 0.2) is 18.2 Å². The number of rotatable bonds is 3. The minimum atomic E-state index is -1.00. The standard InChI is InChI=1S/C11H14F2N2O/c1-6(2)10(14)11(16)15-7-3-4-8(12)9(13)5-7/h3-6,10H,14H2,1-2H3,(H,15,16)/t10-/m0/s1. The summed E-state index contributed by atoms with van der Waals surface area (Å²) < 4.78 is 25.4. The molecule has 88 valence electrons. The van der Waals surface area contributed by atoms with Crippen molar-refractivity contribution in [2.75, 3.05) is 5.32 Å². The molecule has 5 heteroatoms. The summed E-state index contributed by atoms with van der Waals surface area (Å²) in [4.78, 5) is 11.5. The monoisotopic (exact) mass is 228 g/mol. The molecule has 1 rings (SSSR count). The molecule has 0 unspecified atom stereocenters. The zero-order valence-corrected chi connectivity index (χ0v) is 9.13. The molecule has 1 amide bonds. The molecule has 16 heavy (non-hydrogen) atoms. The summed E-state index contributed by atoms with van der Waals surface area (Å²) in [5.41, 5.74) is 5.79. The second kappa shape index (κ2) is 5.03. The van der Waals surface area contributed by atoms with E-state index in [1.165, 1.54) is 6.07 Å². The highest BCUT2D eigenvalue weighted by Gasteiger charge is 2.17. The first-order valence-electron chi connectivity index (χ1n) is 4.93. The zero-order chi connectivity index (χ0) is 12.3. The molecule has 0 aromatic heterocycles. The van der Waals surface area contributed by atoms with E-state index in [-0.39, 0.29) is 11.6 Å².